The number of aromatic nitrogens is 1. The summed E-state index contributed by atoms with van der Waals surface area (Å²) < 4.78 is 0. The largest absolute Gasteiger partial charge is 0.367 e. The predicted octanol–water partition coefficient (Wildman–Crippen LogP) is 1.44. The van der Waals surface area contributed by atoms with Crippen molar-refractivity contribution < 1.29 is 9.59 Å². The van der Waals surface area contributed by atoms with Crippen molar-refractivity contribution in [1.82, 2.24) is 9.88 Å². The van der Waals surface area contributed by atoms with Crippen LogP contribution in [0, 0.1) is 0 Å². The molecule has 0 saturated carbocycles. The Morgan fingerprint density at radius 1 is 1.65 bits per heavy atom. The molecule has 17 heavy (non-hydrogen) atoms. The van der Waals surface area contributed by atoms with E-state index in [9.17, 15) is 9.59 Å². The van der Waals surface area contributed by atoms with Crippen molar-refractivity contribution in [2.45, 2.75) is 25.0 Å². The maximum Gasteiger partial charge on any atom is 0.223 e. The highest BCUT2D eigenvalue weighted by Gasteiger charge is 2.30. The number of rotatable bonds is 4. The van der Waals surface area contributed by atoms with Gasteiger partial charge in [-0.05, 0) is 18.1 Å². The number of H-pyrrole nitrogens is 1. The van der Waals surface area contributed by atoms with Gasteiger partial charge in [-0.2, -0.15) is 0 Å². The van der Waals surface area contributed by atoms with Crippen LogP contribution in [0.1, 0.15) is 18.9 Å². The van der Waals surface area contributed by atoms with Gasteiger partial charge in [-0.3, -0.25) is 9.59 Å². The molecule has 0 aliphatic carbocycles. The normalized spacial score (nSPS) is 19.9. The number of thioether (sulfide) groups is 1. The van der Waals surface area contributed by atoms with E-state index in [2.05, 4.69) is 4.98 Å². The Morgan fingerprint density at radius 2 is 2.47 bits per heavy atom. The summed E-state index contributed by atoms with van der Waals surface area (Å²) in [4.78, 5) is 27.6. The van der Waals surface area contributed by atoms with Crippen molar-refractivity contribution in [3.05, 3.63) is 24.0 Å². The van der Waals surface area contributed by atoms with Crippen molar-refractivity contribution >= 4 is 22.8 Å². The smallest absolute Gasteiger partial charge is 0.223 e. The third-order valence-corrected chi connectivity index (χ3v) is 3.83. The molecule has 2 rings (SSSR count). The predicted molar refractivity (Wildman–Crippen MR) is 67.8 cm³/mol. The van der Waals surface area contributed by atoms with Gasteiger partial charge >= 0.3 is 0 Å². The van der Waals surface area contributed by atoms with Crippen molar-refractivity contribution in [2.75, 3.05) is 13.1 Å². The number of hydrogen-bond acceptors (Lipinski definition) is 3. The lowest BCUT2D eigenvalue weighted by molar-refractivity contribution is -0.127. The second-order valence-electron chi connectivity index (χ2n) is 4.24. The highest BCUT2D eigenvalue weighted by atomic mass is 32.2. The van der Waals surface area contributed by atoms with E-state index in [4.69, 9.17) is 0 Å². The maximum atomic E-state index is 11.7. The van der Waals surface area contributed by atoms with Gasteiger partial charge in [0.05, 0.1) is 0 Å². The molecule has 1 unspecified atom stereocenters. The average molecular weight is 252 g/mol. The summed E-state index contributed by atoms with van der Waals surface area (Å²) in [7, 11) is 0. The third kappa shape index (κ3) is 3.36. The summed E-state index contributed by atoms with van der Waals surface area (Å²) >= 11 is 1.29. The molecule has 0 bridgehead atoms. The Bertz CT molecular complexity index is 403. The first-order chi connectivity index (χ1) is 8.15. The average Bonchev–Trinajstić information content (AvgIpc) is 2.84. The van der Waals surface area contributed by atoms with Crippen LogP contribution in [0.25, 0.3) is 0 Å². The first-order valence-electron chi connectivity index (χ1n) is 5.72. The minimum absolute atomic E-state index is 0.0929. The fourth-order valence-electron chi connectivity index (χ4n) is 2.04. The van der Waals surface area contributed by atoms with Crippen LogP contribution in [-0.2, 0) is 16.0 Å². The molecular weight excluding hydrogens is 236 g/mol. The van der Waals surface area contributed by atoms with E-state index in [1.807, 2.05) is 23.4 Å². The Kier molecular flexibility index (Phi) is 3.89. The number of likely N-dealkylation sites (tertiary alicyclic amines) is 1. The van der Waals surface area contributed by atoms with Crippen LogP contribution in [-0.4, -0.2) is 39.2 Å². The second kappa shape index (κ2) is 5.40. The van der Waals surface area contributed by atoms with Crippen molar-refractivity contribution in [3.63, 3.8) is 0 Å². The number of aromatic amines is 1. The molecule has 0 radical (unpaired) electrons. The van der Waals surface area contributed by atoms with E-state index in [0.717, 1.165) is 13.0 Å². The van der Waals surface area contributed by atoms with Crippen LogP contribution in [0.3, 0.4) is 0 Å². The SMILES string of the molecule is CC(=O)SC1CC(=O)N(CCc2cc[nH]c2)C1. The number of carbonyl (C=O) groups excluding carboxylic acids is 2. The second-order valence-corrected chi connectivity index (χ2v) is 5.72. The summed E-state index contributed by atoms with van der Waals surface area (Å²) in [6.07, 6.45) is 5.20. The quantitative estimate of drug-likeness (QED) is 0.882. The van der Waals surface area contributed by atoms with Crippen LogP contribution in [0.15, 0.2) is 18.5 Å². The Morgan fingerprint density at radius 3 is 3.12 bits per heavy atom. The van der Waals surface area contributed by atoms with Crippen molar-refractivity contribution in [2.24, 2.45) is 0 Å². The zero-order chi connectivity index (χ0) is 12.3. The van der Waals surface area contributed by atoms with Gasteiger partial charge in [-0.15, -0.1) is 0 Å². The van der Waals surface area contributed by atoms with Gasteiger partial charge in [-0.25, -0.2) is 0 Å². The van der Waals surface area contributed by atoms with Gasteiger partial charge in [0.2, 0.25) is 5.91 Å². The van der Waals surface area contributed by atoms with E-state index in [1.165, 1.54) is 17.3 Å². The zero-order valence-corrected chi connectivity index (χ0v) is 10.6. The van der Waals surface area contributed by atoms with Crippen LogP contribution < -0.4 is 0 Å². The maximum absolute atomic E-state index is 11.7. The minimum Gasteiger partial charge on any atom is -0.367 e. The first kappa shape index (κ1) is 12.2. The van der Waals surface area contributed by atoms with Crippen LogP contribution in [0.2, 0.25) is 0 Å². The van der Waals surface area contributed by atoms with Gasteiger partial charge in [0.25, 0.3) is 0 Å². The molecule has 1 aliphatic rings. The molecular formula is C12H16N2O2S. The fourth-order valence-corrected chi connectivity index (χ4v) is 2.99. The molecule has 1 aromatic heterocycles. The van der Waals surface area contributed by atoms with Gasteiger partial charge in [-0.1, -0.05) is 11.8 Å². The third-order valence-electron chi connectivity index (χ3n) is 2.84. The number of nitrogens with one attached hydrogen (secondary N) is 1. The summed E-state index contributed by atoms with van der Waals surface area (Å²) in [6, 6.07) is 2.02. The highest BCUT2D eigenvalue weighted by molar-refractivity contribution is 8.14. The van der Waals surface area contributed by atoms with Crippen LogP contribution in [0.4, 0.5) is 0 Å². The summed E-state index contributed by atoms with van der Waals surface area (Å²) in [5.74, 6) is 0.166. The lowest BCUT2D eigenvalue weighted by Gasteiger charge is -2.15. The molecule has 4 nitrogen and oxygen atoms in total. The lowest BCUT2D eigenvalue weighted by Crippen LogP contribution is -2.27. The van der Waals surface area contributed by atoms with E-state index < -0.39 is 0 Å². The topological polar surface area (TPSA) is 53.2 Å². The van der Waals surface area contributed by atoms with Gasteiger partial charge in [0.1, 0.15) is 0 Å². The minimum atomic E-state index is 0.0929. The Hall–Kier alpha value is -1.23. The number of nitrogens with zero attached hydrogens (tertiary/aromatic N) is 1. The van der Waals surface area contributed by atoms with E-state index in [1.54, 1.807) is 6.92 Å². The summed E-state index contributed by atoms with van der Waals surface area (Å²) in [6.45, 7) is 3.00. The molecule has 1 aliphatic heterocycles. The van der Waals surface area contributed by atoms with E-state index in [-0.39, 0.29) is 16.3 Å². The Balaban J connectivity index is 1.82. The molecule has 1 N–H and O–H groups in total. The zero-order valence-electron chi connectivity index (χ0n) is 9.81. The number of amides is 1. The van der Waals surface area contributed by atoms with E-state index >= 15 is 0 Å². The number of hydrogen-bond donors (Lipinski definition) is 1. The van der Waals surface area contributed by atoms with Crippen LogP contribution in [0.5, 0.6) is 0 Å². The van der Waals surface area contributed by atoms with Crippen LogP contribution >= 0.6 is 11.8 Å². The molecule has 2 heterocycles. The van der Waals surface area contributed by atoms with Crippen molar-refractivity contribution in [3.8, 4) is 0 Å². The molecule has 1 amide bonds. The van der Waals surface area contributed by atoms with Gasteiger partial charge in [0, 0.05) is 44.1 Å². The molecule has 1 atom stereocenters. The molecule has 0 aromatic carbocycles. The summed E-state index contributed by atoms with van der Waals surface area (Å²) in [5.41, 5.74) is 1.21. The first-order valence-corrected chi connectivity index (χ1v) is 6.60. The molecule has 1 aromatic rings. The number of carbonyl (C=O) groups is 2. The van der Waals surface area contributed by atoms with Gasteiger partial charge < -0.3 is 9.88 Å². The lowest BCUT2D eigenvalue weighted by atomic mass is 10.2. The monoisotopic (exact) mass is 252 g/mol. The molecule has 5 heteroatoms. The molecule has 0 spiro atoms. The standard InChI is InChI=1S/C12H16N2O2S/c1-9(15)17-11-6-12(16)14(8-11)5-3-10-2-4-13-7-10/h2,4,7,11,13H,3,5-6,8H2,1H3. The fraction of sp³-hybridized carbons (Fsp3) is 0.500. The summed E-state index contributed by atoms with van der Waals surface area (Å²) in [5, 5.41) is 0.238. The highest BCUT2D eigenvalue weighted by Crippen LogP contribution is 2.24. The Labute approximate surface area is 105 Å². The molecule has 1 saturated heterocycles. The van der Waals surface area contributed by atoms with E-state index in [0.29, 0.717) is 13.0 Å². The van der Waals surface area contributed by atoms with Gasteiger partial charge in [0.15, 0.2) is 5.12 Å². The van der Waals surface area contributed by atoms with Crippen molar-refractivity contribution in [1.29, 1.82) is 0 Å². The molecule has 1 fully saturated rings. The molecule has 92 valence electrons.